The zero-order chi connectivity index (χ0) is 13.5. The van der Waals surface area contributed by atoms with Gasteiger partial charge < -0.3 is 16.2 Å². The lowest BCUT2D eigenvalue weighted by Crippen LogP contribution is -2.26. The maximum absolute atomic E-state index is 11.1. The first kappa shape index (κ1) is 12.5. The van der Waals surface area contributed by atoms with Crippen LogP contribution in [-0.4, -0.2) is 27.4 Å². The van der Waals surface area contributed by atoms with Crippen LogP contribution < -0.4 is 11.5 Å². The molecule has 2 heterocycles. The third kappa shape index (κ3) is 2.32. The van der Waals surface area contributed by atoms with Crippen molar-refractivity contribution < 1.29 is 9.53 Å². The number of amides is 1. The number of nitrogens with two attached hydrogens (primary N) is 2. The molecule has 2 fully saturated rings. The van der Waals surface area contributed by atoms with Crippen LogP contribution in [0.25, 0.3) is 0 Å². The highest BCUT2D eigenvalue weighted by atomic mass is 16.5. The molecule has 0 radical (unpaired) electrons. The van der Waals surface area contributed by atoms with E-state index in [0.717, 1.165) is 12.8 Å². The zero-order valence-corrected chi connectivity index (χ0v) is 11.0. The number of rotatable bonds is 3. The van der Waals surface area contributed by atoms with Crippen LogP contribution in [-0.2, 0) is 11.3 Å². The molecule has 1 aromatic rings. The standard InChI is InChI=1S/C13H20N4O2/c14-10-8-17(16-11(10)12(15)18)7-9-3-6-13(19-9)4-1-2-5-13/h8-9H,1-7,14H2,(H2,15,18). The molecule has 4 N–H and O–H groups in total. The molecule has 1 spiro atoms. The molecule has 1 amide bonds. The summed E-state index contributed by atoms with van der Waals surface area (Å²) in [5.41, 5.74) is 11.5. The van der Waals surface area contributed by atoms with Gasteiger partial charge in [-0.2, -0.15) is 5.10 Å². The summed E-state index contributed by atoms with van der Waals surface area (Å²) in [5.74, 6) is -0.587. The average Bonchev–Trinajstić information content (AvgIpc) is 3.04. The Bertz CT molecular complexity index is 491. The van der Waals surface area contributed by atoms with Crippen LogP contribution in [0.2, 0.25) is 0 Å². The second-order valence-corrected chi connectivity index (χ2v) is 5.69. The molecule has 1 saturated carbocycles. The van der Waals surface area contributed by atoms with Crippen molar-refractivity contribution in [3.8, 4) is 0 Å². The van der Waals surface area contributed by atoms with Crippen LogP contribution in [0, 0.1) is 0 Å². The molecule has 0 aromatic carbocycles. The van der Waals surface area contributed by atoms with E-state index in [1.54, 1.807) is 10.9 Å². The number of anilines is 1. The number of carbonyl (C=O) groups excluding carboxylic acids is 1. The Morgan fingerprint density at radius 3 is 2.84 bits per heavy atom. The summed E-state index contributed by atoms with van der Waals surface area (Å²) in [7, 11) is 0. The molecular weight excluding hydrogens is 244 g/mol. The predicted octanol–water partition coefficient (Wildman–Crippen LogP) is 1.06. The lowest BCUT2D eigenvalue weighted by Gasteiger charge is -2.23. The molecule has 104 valence electrons. The van der Waals surface area contributed by atoms with Gasteiger partial charge >= 0.3 is 0 Å². The number of ether oxygens (including phenoxy) is 1. The Kier molecular flexibility index (Phi) is 2.97. The molecule has 19 heavy (non-hydrogen) atoms. The summed E-state index contributed by atoms with van der Waals surface area (Å²) in [5, 5.41) is 4.12. The van der Waals surface area contributed by atoms with E-state index in [-0.39, 0.29) is 17.4 Å². The van der Waals surface area contributed by atoms with Gasteiger partial charge in [0.15, 0.2) is 5.69 Å². The zero-order valence-electron chi connectivity index (χ0n) is 11.0. The van der Waals surface area contributed by atoms with Crippen molar-refractivity contribution in [1.29, 1.82) is 0 Å². The summed E-state index contributed by atoms with van der Waals surface area (Å²) >= 11 is 0. The van der Waals surface area contributed by atoms with Gasteiger partial charge in [0, 0.05) is 6.20 Å². The first-order valence-electron chi connectivity index (χ1n) is 6.89. The lowest BCUT2D eigenvalue weighted by atomic mass is 9.98. The maximum atomic E-state index is 11.1. The summed E-state index contributed by atoms with van der Waals surface area (Å²) in [6.45, 7) is 0.638. The monoisotopic (exact) mass is 264 g/mol. The van der Waals surface area contributed by atoms with E-state index in [1.165, 1.54) is 25.7 Å². The van der Waals surface area contributed by atoms with E-state index in [4.69, 9.17) is 16.2 Å². The number of primary amides is 1. The highest BCUT2D eigenvalue weighted by Crippen LogP contribution is 2.43. The van der Waals surface area contributed by atoms with Gasteiger partial charge in [0.25, 0.3) is 5.91 Å². The molecule has 0 bridgehead atoms. The van der Waals surface area contributed by atoms with Crippen molar-refractivity contribution in [2.24, 2.45) is 5.73 Å². The van der Waals surface area contributed by atoms with Crippen LogP contribution in [0.4, 0.5) is 5.69 Å². The van der Waals surface area contributed by atoms with Crippen molar-refractivity contribution in [1.82, 2.24) is 9.78 Å². The molecule has 3 rings (SSSR count). The number of nitrogens with zero attached hydrogens (tertiary/aromatic N) is 2. The minimum absolute atomic E-state index is 0.121. The van der Waals surface area contributed by atoms with Gasteiger partial charge in [-0.3, -0.25) is 9.48 Å². The first-order chi connectivity index (χ1) is 9.08. The van der Waals surface area contributed by atoms with Gasteiger partial charge in [-0.05, 0) is 25.7 Å². The summed E-state index contributed by atoms with van der Waals surface area (Å²) in [6, 6.07) is 0. The largest absolute Gasteiger partial charge is 0.396 e. The van der Waals surface area contributed by atoms with E-state index in [9.17, 15) is 4.79 Å². The van der Waals surface area contributed by atoms with Gasteiger partial charge in [0.1, 0.15) is 0 Å². The third-order valence-corrected chi connectivity index (χ3v) is 4.27. The topological polar surface area (TPSA) is 96.2 Å². The molecule has 2 aliphatic rings. The summed E-state index contributed by atoms with van der Waals surface area (Å²) < 4.78 is 7.88. The fourth-order valence-electron chi connectivity index (χ4n) is 3.34. The Morgan fingerprint density at radius 1 is 1.47 bits per heavy atom. The van der Waals surface area contributed by atoms with Crippen LogP contribution in [0.1, 0.15) is 49.0 Å². The normalized spacial score (nSPS) is 25.2. The Balaban J connectivity index is 1.66. The average molecular weight is 264 g/mol. The minimum Gasteiger partial charge on any atom is -0.396 e. The van der Waals surface area contributed by atoms with E-state index in [1.807, 2.05) is 0 Å². The molecule has 1 atom stereocenters. The van der Waals surface area contributed by atoms with Crippen molar-refractivity contribution in [2.45, 2.75) is 56.8 Å². The van der Waals surface area contributed by atoms with Gasteiger partial charge in [-0.15, -0.1) is 0 Å². The lowest BCUT2D eigenvalue weighted by molar-refractivity contribution is -0.0429. The predicted molar refractivity (Wildman–Crippen MR) is 70.5 cm³/mol. The van der Waals surface area contributed by atoms with Gasteiger partial charge in [0.05, 0.1) is 23.9 Å². The third-order valence-electron chi connectivity index (χ3n) is 4.27. The Labute approximate surface area is 112 Å². The molecule has 1 unspecified atom stereocenters. The van der Waals surface area contributed by atoms with E-state index in [2.05, 4.69) is 5.10 Å². The second-order valence-electron chi connectivity index (χ2n) is 5.69. The van der Waals surface area contributed by atoms with E-state index >= 15 is 0 Å². The molecule has 1 aliphatic carbocycles. The van der Waals surface area contributed by atoms with Crippen LogP contribution in [0.5, 0.6) is 0 Å². The molecule has 1 saturated heterocycles. The fraction of sp³-hybridized carbons (Fsp3) is 0.692. The van der Waals surface area contributed by atoms with E-state index < -0.39 is 5.91 Å². The number of carbonyl (C=O) groups is 1. The number of hydrogen-bond donors (Lipinski definition) is 2. The smallest absolute Gasteiger partial charge is 0.271 e. The highest BCUT2D eigenvalue weighted by Gasteiger charge is 2.42. The molecule has 1 aliphatic heterocycles. The Hall–Kier alpha value is -1.56. The first-order valence-corrected chi connectivity index (χ1v) is 6.89. The SMILES string of the molecule is NC(=O)c1nn(CC2CCC3(CCCC3)O2)cc1N. The van der Waals surface area contributed by atoms with Crippen molar-refractivity contribution in [3.05, 3.63) is 11.9 Å². The van der Waals surface area contributed by atoms with Crippen LogP contribution in [0.15, 0.2) is 6.20 Å². The van der Waals surface area contributed by atoms with Crippen molar-refractivity contribution in [3.63, 3.8) is 0 Å². The maximum Gasteiger partial charge on any atom is 0.271 e. The van der Waals surface area contributed by atoms with Gasteiger partial charge in [-0.25, -0.2) is 0 Å². The minimum atomic E-state index is -0.587. The van der Waals surface area contributed by atoms with Crippen LogP contribution in [0.3, 0.4) is 0 Å². The van der Waals surface area contributed by atoms with Crippen molar-refractivity contribution >= 4 is 11.6 Å². The number of nitrogen functional groups attached to an aromatic ring is 1. The van der Waals surface area contributed by atoms with Crippen molar-refractivity contribution in [2.75, 3.05) is 5.73 Å². The molecule has 6 heteroatoms. The van der Waals surface area contributed by atoms with Gasteiger partial charge in [0.2, 0.25) is 0 Å². The second kappa shape index (κ2) is 4.52. The number of aromatic nitrogens is 2. The Morgan fingerprint density at radius 2 is 2.21 bits per heavy atom. The summed E-state index contributed by atoms with van der Waals surface area (Å²) in [4.78, 5) is 11.1. The van der Waals surface area contributed by atoms with E-state index in [0.29, 0.717) is 12.2 Å². The highest BCUT2D eigenvalue weighted by molar-refractivity contribution is 5.95. The quantitative estimate of drug-likeness (QED) is 0.853. The van der Waals surface area contributed by atoms with Crippen LogP contribution >= 0.6 is 0 Å². The molecular formula is C13H20N4O2. The van der Waals surface area contributed by atoms with Gasteiger partial charge in [-0.1, -0.05) is 12.8 Å². The number of hydrogen-bond acceptors (Lipinski definition) is 4. The summed E-state index contributed by atoms with van der Waals surface area (Å²) in [6.07, 6.45) is 8.90. The molecule has 6 nitrogen and oxygen atoms in total. The molecule has 1 aromatic heterocycles. The fourth-order valence-corrected chi connectivity index (χ4v) is 3.34.